The topological polar surface area (TPSA) is 66.5 Å². The molecular weight excluding hydrogens is 142 g/mol. The molecule has 68 valence electrons. The Morgan fingerprint density at radius 1 is 1.09 bits per heavy atom. The monoisotopic (exact) mass is 161 g/mol. The number of rotatable bonds is 4. The maximum atomic E-state index is 9.33. The van der Waals surface area contributed by atoms with Crippen LogP contribution in [0.1, 0.15) is 27.2 Å². The van der Waals surface area contributed by atoms with Crippen molar-refractivity contribution in [3.63, 3.8) is 0 Å². The average Bonchev–Trinajstić information content (AvgIpc) is 1.87. The molecule has 0 aromatic carbocycles. The highest BCUT2D eigenvalue weighted by Crippen LogP contribution is 2.09. The first kappa shape index (κ1) is 10.9. The first-order valence-electron chi connectivity index (χ1n) is 4.06. The summed E-state index contributed by atoms with van der Waals surface area (Å²) in [6.45, 7) is 5.56. The lowest BCUT2D eigenvalue weighted by Crippen LogP contribution is -2.35. The quantitative estimate of drug-likeness (QED) is 0.548. The fraction of sp³-hybridized carbons (Fsp3) is 1.00. The van der Waals surface area contributed by atoms with Gasteiger partial charge in [-0.2, -0.15) is 0 Å². The second-order valence-corrected chi connectivity index (χ2v) is 3.47. The Kier molecular flexibility index (Phi) is 4.65. The Bertz CT molecular complexity index is 92.3. The lowest BCUT2D eigenvalue weighted by molar-refractivity contribution is 0.0446. The SMILES string of the molecule is CC(C)[C@@H](O)C[C@H](O)[C@H](C)N. The second-order valence-electron chi connectivity index (χ2n) is 3.47. The van der Waals surface area contributed by atoms with Crippen molar-refractivity contribution >= 4 is 0 Å². The van der Waals surface area contributed by atoms with Gasteiger partial charge in [-0.1, -0.05) is 13.8 Å². The molecule has 0 bridgehead atoms. The molecule has 0 aromatic heterocycles. The van der Waals surface area contributed by atoms with Crippen molar-refractivity contribution < 1.29 is 10.2 Å². The first-order chi connectivity index (χ1) is 4.95. The molecule has 4 N–H and O–H groups in total. The maximum Gasteiger partial charge on any atom is 0.0713 e. The first-order valence-corrected chi connectivity index (χ1v) is 4.06. The summed E-state index contributed by atoms with van der Waals surface area (Å²) >= 11 is 0. The van der Waals surface area contributed by atoms with Crippen LogP contribution < -0.4 is 5.73 Å². The summed E-state index contributed by atoms with van der Waals surface area (Å²) in [5, 5.41) is 18.6. The van der Waals surface area contributed by atoms with Crippen molar-refractivity contribution in [3.05, 3.63) is 0 Å². The number of aliphatic hydroxyl groups excluding tert-OH is 2. The van der Waals surface area contributed by atoms with E-state index >= 15 is 0 Å². The van der Waals surface area contributed by atoms with Gasteiger partial charge >= 0.3 is 0 Å². The Hall–Kier alpha value is -0.120. The van der Waals surface area contributed by atoms with Crippen molar-refractivity contribution in [3.8, 4) is 0 Å². The molecule has 0 amide bonds. The summed E-state index contributed by atoms with van der Waals surface area (Å²) < 4.78 is 0. The Morgan fingerprint density at radius 2 is 1.55 bits per heavy atom. The number of aliphatic hydroxyl groups is 2. The van der Waals surface area contributed by atoms with Crippen LogP contribution in [0.25, 0.3) is 0 Å². The zero-order chi connectivity index (χ0) is 9.02. The van der Waals surface area contributed by atoms with Gasteiger partial charge in [0.1, 0.15) is 0 Å². The molecule has 0 saturated carbocycles. The molecule has 3 nitrogen and oxygen atoms in total. The number of hydrogen-bond acceptors (Lipinski definition) is 3. The highest BCUT2D eigenvalue weighted by Gasteiger charge is 2.17. The summed E-state index contributed by atoms with van der Waals surface area (Å²) in [4.78, 5) is 0. The fourth-order valence-electron chi connectivity index (χ4n) is 0.734. The highest BCUT2D eigenvalue weighted by atomic mass is 16.3. The van der Waals surface area contributed by atoms with Crippen LogP contribution in [-0.2, 0) is 0 Å². The van der Waals surface area contributed by atoms with E-state index in [-0.39, 0.29) is 12.0 Å². The molecule has 3 heteroatoms. The van der Waals surface area contributed by atoms with Crippen molar-refractivity contribution in [2.24, 2.45) is 11.7 Å². The summed E-state index contributed by atoms with van der Waals surface area (Å²) in [5.74, 6) is 0.184. The third kappa shape index (κ3) is 4.35. The molecule has 0 unspecified atom stereocenters. The van der Waals surface area contributed by atoms with Crippen LogP contribution in [-0.4, -0.2) is 28.5 Å². The van der Waals surface area contributed by atoms with E-state index in [2.05, 4.69) is 0 Å². The summed E-state index contributed by atoms with van der Waals surface area (Å²) in [5.41, 5.74) is 5.42. The zero-order valence-electron chi connectivity index (χ0n) is 7.49. The Labute approximate surface area is 68.2 Å². The van der Waals surface area contributed by atoms with Gasteiger partial charge in [-0.05, 0) is 12.8 Å². The minimum Gasteiger partial charge on any atom is -0.393 e. The molecule has 0 saturated heterocycles. The van der Waals surface area contributed by atoms with Gasteiger partial charge in [-0.15, -0.1) is 0 Å². The molecule has 0 spiro atoms. The van der Waals surface area contributed by atoms with E-state index in [1.807, 2.05) is 13.8 Å². The predicted octanol–water partition coefficient (Wildman–Crippen LogP) is 0.102. The Morgan fingerprint density at radius 3 is 1.82 bits per heavy atom. The molecule has 0 aromatic rings. The van der Waals surface area contributed by atoms with Gasteiger partial charge in [0.25, 0.3) is 0 Å². The van der Waals surface area contributed by atoms with Gasteiger partial charge in [-0.25, -0.2) is 0 Å². The molecule has 11 heavy (non-hydrogen) atoms. The van der Waals surface area contributed by atoms with Gasteiger partial charge in [0.2, 0.25) is 0 Å². The largest absolute Gasteiger partial charge is 0.393 e. The van der Waals surface area contributed by atoms with E-state index in [1.54, 1.807) is 6.92 Å². The fourth-order valence-corrected chi connectivity index (χ4v) is 0.734. The minimum atomic E-state index is -0.590. The number of hydrogen-bond donors (Lipinski definition) is 3. The van der Waals surface area contributed by atoms with Gasteiger partial charge in [0, 0.05) is 12.5 Å². The molecule has 0 heterocycles. The van der Waals surface area contributed by atoms with E-state index in [9.17, 15) is 10.2 Å². The predicted molar refractivity (Wildman–Crippen MR) is 45.1 cm³/mol. The lowest BCUT2D eigenvalue weighted by Gasteiger charge is -2.20. The molecule has 0 radical (unpaired) electrons. The van der Waals surface area contributed by atoms with Crippen molar-refractivity contribution in [2.75, 3.05) is 0 Å². The van der Waals surface area contributed by atoms with Crippen LogP contribution in [0, 0.1) is 5.92 Å². The number of nitrogens with two attached hydrogens (primary N) is 1. The molecule has 0 aliphatic carbocycles. The maximum absolute atomic E-state index is 9.33. The van der Waals surface area contributed by atoms with Crippen molar-refractivity contribution in [1.29, 1.82) is 0 Å². The van der Waals surface area contributed by atoms with E-state index in [0.29, 0.717) is 6.42 Å². The standard InChI is InChI=1S/C8H19NO2/c1-5(2)7(10)4-8(11)6(3)9/h5-8,10-11H,4,9H2,1-3H3/t6-,7-,8-/m0/s1. The van der Waals surface area contributed by atoms with Crippen LogP contribution >= 0.6 is 0 Å². The third-order valence-corrected chi connectivity index (χ3v) is 1.86. The van der Waals surface area contributed by atoms with Crippen LogP contribution in [0.3, 0.4) is 0 Å². The summed E-state index contributed by atoms with van der Waals surface area (Å²) in [6, 6.07) is -0.261. The van der Waals surface area contributed by atoms with Crippen LogP contribution in [0.5, 0.6) is 0 Å². The lowest BCUT2D eigenvalue weighted by atomic mass is 9.98. The van der Waals surface area contributed by atoms with Crippen LogP contribution in [0.4, 0.5) is 0 Å². The summed E-state index contributed by atoms with van der Waals surface area (Å²) in [7, 11) is 0. The molecule has 0 aliphatic rings. The van der Waals surface area contributed by atoms with E-state index in [4.69, 9.17) is 5.73 Å². The van der Waals surface area contributed by atoms with Gasteiger partial charge < -0.3 is 15.9 Å². The van der Waals surface area contributed by atoms with Crippen LogP contribution in [0.2, 0.25) is 0 Å². The van der Waals surface area contributed by atoms with Crippen molar-refractivity contribution in [1.82, 2.24) is 0 Å². The van der Waals surface area contributed by atoms with Crippen molar-refractivity contribution in [2.45, 2.75) is 45.4 Å². The van der Waals surface area contributed by atoms with E-state index in [1.165, 1.54) is 0 Å². The van der Waals surface area contributed by atoms with Gasteiger partial charge in [0.05, 0.1) is 12.2 Å². The average molecular weight is 161 g/mol. The third-order valence-electron chi connectivity index (χ3n) is 1.86. The normalized spacial score (nSPS) is 19.9. The highest BCUT2D eigenvalue weighted by molar-refractivity contribution is 4.72. The molecule has 0 rings (SSSR count). The van der Waals surface area contributed by atoms with Crippen LogP contribution in [0.15, 0.2) is 0 Å². The second kappa shape index (κ2) is 4.70. The zero-order valence-corrected chi connectivity index (χ0v) is 7.49. The van der Waals surface area contributed by atoms with E-state index < -0.39 is 12.2 Å². The van der Waals surface area contributed by atoms with E-state index in [0.717, 1.165) is 0 Å². The molecule has 3 atom stereocenters. The minimum absolute atomic E-state index is 0.184. The Balaban J connectivity index is 3.66. The molecule has 0 fully saturated rings. The molecule has 0 aliphatic heterocycles. The smallest absolute Gasteiger partial charge is 0.0713 e. The van der Waals surface area contributed by atoms with Gasteiger partial charge in [0.15, 0.2) is 0 Å². The molecular formula is C8H19NO2. The summed E-state index contributed by atoms with van der Waals surface area (Å²) in [6.07, 6.45) is -0.668. The van der Waals surface area contributed by atoms with Gasteiger partial charge in [-0.3, -0.25) is 0 Å².